The molecule has 0 aliphatic heterocycles. The first-order valence-corrected chi connectivity index (χ1v) is 5.41. The van der Waals surface area contributed by atoms with Gasteiger partial charge in [0.15, 0.2) is 0 Å². The van der Waals surface area contributed by atoms with E-state index in [0.717, 1.165) is 11.3 Å². The lowest BCUT2D eigenvalue weighted by molar-refractivity contribution is -0.115. The van der Waals surface area contributed by atoms with Crippen molar-refractivity contribution in [1.29, 1.82) is 0 Å². The van der Waals surface area contributed by atoms with E-state index in [9.17, 15) is 4.79 Å². The molecule has 0 radical (unpaired) electrons. The second-order valence-electron chi connectivity index (χ2n) is 2.99. The van der Waals surface area contributed by atoms with Gasteiger partial charge in [0.25, 0.3) is 0 Å². The lowest BCUT2D eigenvalue weighted by Crippen LogP contribution is -2.12. The third-order valence-corrected chi connectivity index (χ3v) is 2.20. The molecule has 0 saturated carbocycles. The average molecular weight is 258 g/mol. The molecule has 2 N–H and O–H groups in total. The van der Waals surface area contributed by atoms with Crippen LogP contribution in [0.3, 0.4) is 0 Å². The summed E-state index contributed by atoms with van der Waals surface area (Å²) in [5.74, 6) is 0.177. The van der Waals surface area contributed by atoms with Crippen molar-refractivity contribution in [3.63, 3.8) is 0 Å². The van der Waals surface area contributed by atoms with Gasteiger partial charge in [0, 0.05) is 17.4 Å². The van der Waals surface area contributed by atoms with E-state index < -0.39 is 0 Å². The number of benzene rings is 1. The Labute approximate surface area is 91.3 Å². The van der Waals surface area contributed by atoms with E-state index in [-0.39, 0.29) is 11.7 Å². The van der Waals surface area contributed by atoms with E-state index >= 15 is 0 Å². The summed E-state index contributed by atoms with van der Waals surface area (Å²) in [6.45, 7) is 1.84. The third-order valence-electron chi connectivity index (χ3n) is 1.81. The summed E-state index contributed by atoms with van der Waals surface area (Å²) in [4.78, 5) is 11.2. The quantitative estimate of drug-likeness (QED) is 0.646. The van der Waals surface area contributed by atoms with Gasteiger partial charge in [0.05, 0.1) is 0 Å². The number of phenols is 1. The number of amides is 1. The number of alkyl halides is 1. The summed E-state index contributed by atoms with van der Waals surface area (Å²) in [5.41, 5.74) is 1.60. The molecule has 0 aliphatic rings. The lowest BCUT2D eigenvalue weighted by Gasteiger charge is -2.07. The van der Waals surface area contributed by atoms with Crippen LogP contribution in [0, 0.1) is 6.92 Å². The molecule has 3 nitrogen and oxygen atoms in total. The monoisotopic (exact) mass is 257 g/mol. The standard InChI is InChI=1S/C10H12BrNO2/c1-7-6-8(13)2-3-9(7)12-10(14)4-5-11/h2-3,6,13H,4-5H2,1H3,(H,12,14). The van der Waals surface area contributed by atoms with E-state index in [4.69, 9.17) is 5.11 Å². The maximum Gasteiger partial charge on any atom is 0.225 e. The molecular weight excluding hydrogens is 246 g/mol. The molecule has 1 aromatic carbocycles. The zero-order chi connectivity index (χ0) is 10.6. The van der Waals surface area contributed by atoms with Gasteiger partial charge in [-0.15, -0.1) is 0 Å². The molecule has 76 valence electrons. The Morgan fingerprint density at radius 2 is 2.29 bits per heavy atom. The Hall–Kier alpha value is -1.03. The maximum absolute atomic E-state index is 11.2. The number of carbonyl (C=O) groups is 1. The molecule has 1 aromatic rings. The maximum atomic E-state index is 11.2. The SMILES string of the molecule is Cc1cc(O)ccc1NC(=O)CCBr. The Morgan fingerprint density at radius 3 is 2.86 bits per heavy atom. The first-order valence-electron chi connectivity index (χ1n) is 4.29. The Morgan fingerprint density at radius 1 is 1.57 bits per heavy atom. The van der Waals surface area contributed by atoms with Crippen LogP contribution in [0.2, 0.25) is 0 Å². The smallest absolute Gasteiger partial charge is 0.225 e. The number of anilines is 1. The predicted molar refractivity (Wildman–Crippen MR) is 59.9 cm³/mol. The highest BCUT2D eigenvalue weighted by Crippen LogP contribution is 2.20. The number of aryl methyl sites for hydroxylation is 1. The Bertz CT molecular complexity index is 339. The van der Waals surface area contributed by atoms with Crippen LogP contribution in [-0.2, 0) is 4.79 Å². The average Bonchev–Trinajstić information content (AvgIpc) is 2.10. The fourth-order valence-electron chi connectivity index (χ4n) is 1.09. The van der Waals surface area contributed by atoms with Crippen LogP contribution >= 0.6 is 15.9 Å². The summed E-state index contributed by atoms with van der Waals surface area (Å²) in [6.07, 6.45) is 0.445. The largest absolute Gasteiger partial charge is 0.508 e. The molecule has 0 bridgehead atoms. The zero-order valence-corrected chi connectivity index (χ0v) is 9.47. The van der Waals surface area contributed by atoms with Gasteiger partial charge in [-0.1, -0.05) is 15.9 Å². The van der Waals surface area contributed by atoms with Gasteiger partial charge in [-0.05, 0) is 30.7 Å². The molecule has 0 fully saturated rings. The minimum atomic E-state index is -0.0318. The van der Waals surface area contributed by atoms with Crippen molar-refractivity contribution in [2.24, 2.45) is 0 Å². The van der Waals surface area contributed by atoms with Crippen molar-refractivity contribution in [2.75, 3.05) is 10.6 Å². The van der Waals surface area contributed by atoms with Crippen LogP contribution < -0.4 is 5.32 Å². The Kier molecular flexibility index (Phi) is 3.95. The topological polar surface area (TPSA) is 49.3 Å². The molecule has 0 spiro atoms. The molecule has 0 heterocycles. The van der Waals surface area contributed by atoms with Gasteiger partial charge in [-0.25, -0.2) is 0 Å². The van der Waals surface area contributed by atoms with Crippen LogP contribution in [0.25, 0.3) is 0 Å². The molecule has 0 atom stereocenters. The van der Waals surface area contributed by atoms with E-state index in [1.807, 2.05) is 6.92 Å². The Balaban J connectivity index is 2.72. The predicted octanol–water partition coefficient (Wildman–Crippen LogP) is 2.42. The molecule has 4 heteroatoms. The van der Waals surface area contributed by atoms with E-state index in [1.165, 1.54) is 0 Å². The number of halogens is 1. The highest BCUT2D eigenvalue weighted by molar-refractivity contribution is 9.09. The van der Waals surface area contributed by atoms with Crippen molar-refractivity contribution in [3.8, 4) is 5.75 Å². The minimum absolute atomic E-state index is 0.0318. The van der Waals surface area contributed by atoms with Crippen molar-refractivity contribution in [1.82, 2.24) is 0 Å². The minimum Gasteiger partial charge on any atom is -0.508 e. The van der Waals surface area contributed by atoms with Crippen molar-refractivity contribution < 1.29 is 9.90 Å². The summed E-state index contributed by atoms with van der Waals surface area (Å²) >= 11 is 3.19. The van der Waals surface area contributed by atoms with Gasteiger partial charge in [-0.2, -0.15) is 0 Å². The van der Waals surface area contributed by atoms with Gasteiger partial charge in [0.2, 0.25) is 5.91 Å². The summed E-state index contributed by atoms with van der Waals surface area (Å²) < 4.78 is 0. The van der Waals surface area contributed by atoms with Gasteiger partial charge < -0.3 is 10.4 Å². The van der Waals surface area contributed by atoms with Crippen LogP contribution in [0.5, 0.6) is 5.75 Å². The molecular formula is C10H12BrNO2. The van der Waals surface area contributed by atoms with E-state index in [2.05, 4.69) is 21.2 Å². The third kappa shape index (κ3) is 3.03. The highest BCUT2D eigenvalue weighted by Gasteiger charge is 2.03. The summed E-state index contributed by atoms with van der Waals surface area (Å²) in [7, 11) is 0. The molecule has 1 rings (SSSR count). The van der Waals surface area contributed by atoms with Gasteiger partial charge >= 0.3 is 0 Å². The van der Waals surface area contributed by atoms with Crippen molar-refractivity contribution in [2.45, 2.75) is 13.3 Å². The zero-order valence-electron chi connectivity index (χ0n) is 7.88. The number of rotatable bonds is 3. The number of carbonyl (C=O) groups excluding carboxylic acids is 1. The summed E-state index contributed by atoms with van der Waals surface area (Å²) in [5, 5.41) is 12.6. The van der Waals surface area contributed by atoms with E-state index in [0.29, 0.717) is 11.8 Å². The number of aromatic hydroxyl groups is 1. The molecule has 0 saturated heterocycles. The molecule has 0 unspecified atom stereocenters. The second-order valence-corrected chi connectivity index (χ2v) is 3.78. The highest BCUT2D eigenvalue weighted by atomic mass is 79.9. The number of phenolic OH excluding ortho intramolecular Hbond substituents is 1. The number of hydrogen-bond acceptors (Lipinski definition) is 2. The van der Waals surface area contributed by atoms with Crippen LogP contribution in [-0.4, -0.2) is 16.3 Å². The first-order chi connectivity index (χ1) is 6.63. The van der Waals surface area contributed by atoms with Gasteiger partial charge in [-0.3, -0.25) is 4.79 Å². The normalized spacial score (nSPS) is 9.86. The lowest BCUT2D eigenvalue weighted by atomic mass is 10.2. The second kappa shape index (κ2) is 5.00. The molecule has 1 amide bonds. The van der Waals surface area contributed by atoms with E-state index in [1.54, 1.807) is 18.2 Å². The van der Waals surface area contributed by atoms with Crippen LogP contribution in [0.1, 0.15) is 12.0 Å². The fraction of sp³-hybridized carbons (Fsp3) is 0.300. The van der Waals surface area contributed by atoms with Crippen LogP contribution in [0.4, 0.5) is 5.69 Å². The van der Waals surface area contributed by atoms with Gasteiger partial charge in [0.1, 0.15) is 5.75 Å². The molecule has 14 heavy (non-hydrogen) atoms. The van der Waals surface area contributed by atoms with Crippen LogP contribution in [0.15, 0.2) is 18.2 Å². The molecule has 0 aromatic heterocycles. The fourth-order valence-corrected chi connectivity index (χ4v) is 1.45. The van der Waals surface area contributed by atoms with Crippen molar-refractivity contribution >= 4 is 27.5 Å². The number of nitrogens with one attached hydrogen (secondary N) is 1. The first kappa shape index (κ1) is 11.0. The van der Waals surface area contributed by atoms with Crippen molar-refractivity contribution in [3.05, 3.63) is 23.8 Å². The molecule has 0 aliphatic carbocycles. The number of hydrogen-bond donors (Lipinski definition) is 2. The summed E-state index contributed by atoms with van der Waals surface area (Å²) in [6, 6.07) is 4.86.